The highest BCUT2D eigenvalue weighted by molar-refractivity contribution is 6.05. The van der Waals surface area contributed by atoms with Gasteiger partial charge in [-0.15, -0.1) is 0 Å². The van der Waals surface area contributed by atoms with Crippen LogP contribution in [0.4, 0.5) is 0 Å². The van der Waals surface area contributed by atoms with E-state index in [0.717, 1.165) is 0 Å². The second-order valence-electron chi connectivity index (χ2n) is 6.64. The Labute approximate surface area is 166 Å². The van der Waals surface area contributed by atoms with Crippen molar-refractivity contribution in [2.24, 2.45) is 5.92 Å². The second-order valence-corrected chi connectivity index (χ2v) is 6.64. The molecule has 0 aliphatic carbocycles. The van der Waals surface area contributed by atoms with Gasteiger partial charge in [-0.1, -0.05) is 19.9 Å². The van der Waals surface area contributed by atoms with Gasteiger partial charge in [0.1, 0.15) is 11.7 Å². The average Bonchev–Trinajstić information content (AvgIpc) is 3.36. The van der Waals surface area contributed by atoms with Gasteiger partial charge in [0.15, 0.2) is 17.3 Å². The monoisotopic (exact) mass is 400 g/mol. The molecule has 1 aromatic carbocycles. The number of rotatable bonds is 7. The first-order valence-corrected chi connectivity index (χ1v) is 8.85. The van der Waals surface area contributed by atoms with E-state index in [-0.39, 0.29) is 24.2 Å². The van der Waals surface area contributed by atoms with Gasteiger partial charge in [-0.3, -0.25) is 9.59 Å². The predicted molar refractivity (Wildman–Crippen MR) is 101 cm³/mol. The maximum atomic E-state index is 12.8. The van der Waals surface area contributed by atoms with E-state index in [1.165, 1.54) is 24.5 Å². The first-order chi connectivity index (χ1) is 13.8. The number of hydrogen-bond donors (Lipinski definition) is 3. The van der Waals surface area contributed by atoms with Crippen molar-refractivity contribution in [1.29, 1.82) is 0 Å². The summed E-state index contributed by atoms with van der Waals surface area (Å²) in [5.74, 6) is -1.84. The third-order valence-corrected chi connectivity index (χ3v) is 4.16. The van der Waals surface area contributed by atoms with Crippen molar-refractivity contribution in [1.82, 2.24) is 10.6 Å². The topological polar surface area (TPSA) is 127 Å². The van der Waals surface area contributed by atoms with Crippen LogP contribution in [0, 0.1) is 5.92 Å². The molecule has 0 fully saturated rings. The summed E-state index contributed by atoms with van der Waals surface area (Å²) >= 11 is 0. The zero-order valence-corrected chi connectivity index (χ0v) is 15.8. The van der Waals surface area contributed by atoms with Gasteiger partial charge in [-0.25, -0.2) is 4.79 Å². The van der Waals surface area contributed by atoms with E-state index in [1.807, 2.05) is 0 Å². The summed E-state index contributed by atoms with van der Waals surface area (Å²) in [5.41, 5.74) is 0.410. The molecule has 152 valence electrons. The number of carboxylic acid groups (broad SMARTS) is 1. The number of fused-ring (bicyclic) bond motifs is 1. The Hall–Kier alpha value is -3.75. The lowest BCUT2D eigenvalue weighted by molar-refractivity contribution is -0.142. The van der Waals surface area contributed by atoms with Crippen LogP contribution in [0.15, 0.2) is 46.7 Å². The highest BCUT2D eigenvalue weighted by Gasteiger charge is 2.26. The van der Waals surface area contributed by atoms with Crippen molar-refractivity contribution in [3.63, 3.8) is 0 Å². The standard InChI is InChI=1S/C20H20N2O7/c1-11(2)17(20(25)26)22-18(23)13(21-19(24)15-4-3-7-27-15)8-12-5-6-14-16(9-12)29-10-28-14/h3-9,11,17H,10H2,1-2H3,(H,21,24)(H,22,23)(H,25,26)/b13-8+/t17-/m1/s1. The van der Waals surface area contributed by atoms with E-state index in [0.29, 0.717) is 17.1 Å². The van der Waals surface area contributed by atoms with Crippen molar-refractivity contribution < 1.29 is 33.4 Å². The van der Waals surface area contributed by atoms with E-state index in [2.05, 4.69) is 10.6 Å². The fourth-order valence-corrected chi connectivity index (χ4v) is 2.65. The fraction of sp³-hybridized carbons (Fsp3) is 0.250. The molecule has 29 heavy (non-hydrogen) atoms. The van der Waals surface area contributed by atoms with Crippen LogP contribution in [0.1, 0.15) is 30.0 Å². The lowest BCUT2D eigenvalue weighted by Crippen LogP contribution is -2.47. The number of nitrogens with one attached hydrogen (secondary N) is 2. The molecule has 1 aliphatic rings. The molecule has 3 rings (SSSR count). The molecule has 2 aromatic rings. The van der Waals surface area contributed by atoms with Gasteiger partial charge >= 0.3 is 5.97 Å². The van der Waals surface area contributed by atoms with Crippen LogP contribution < -0.4 is 20.1 Å². The predicted octanol–water partition coefficient (Wildman–Crippen LogP) is 2.00. The average molecular weight is 400 g/mol. The van der Waals surface area contributed by atoms with Crippen molar-refractivity contribution in [2.45, 2.75) is 19.9 Å². The summed E-state index contributed by atoms with van der Waals surface area (Å²) in [6, 6.07) is 6.85. The summed E-state index contributed by atoms with van der Waals surface area (Å²) < 4.78 is 15.6. The van der Waals surface area contributed by atoms with Gasteiger partial charge in [-0.2, -0.15) is 0 Å². The third-order valence-electron chi connectivity index (χ3n) is 4.16. The molecule has 1 aliphatic heterocycles. The minimum Gasteiger partial charge on any atom is -0.480 e. The largest absolute Gasteiger partial charge is 0.480 e. The normalized spacial score (nSPS) is 13.8. The van der Waals surface area contributed by atoms with Crippen molar-refractivity contribution in [2.75, 3.05) is 6.79 Å². The summed E-state index contributed by atoms with van der Waals surface area (Å²) in [7, 11) is 0. The quantitative estimate of drug-likeness (QED) is 0.607. The Balaban J connectivity index is 1.89. The molecule has 2 heterocycles. The Bertz CT molecular complexity index is 948. The zero-order chi connectivity index (χ0) is 21.0. The Morgan fingerprint density at radius 3 is 2.55 bits per heavy atom. The molecule has 9 heteroatoms. The maximum absolute atomic E-state index is 12.8. The molecule has 0 spiro atoms. The summed E-state index contributed by atoms with van der Waals surface area (Å²) in [5, 5.41) is 14.2. The molecule has 0 unspecified atom stereocenters. The second kappa shape index (κ2) is 8.51. The number of hydrogen-bond acceptors (Lipinski definition) is 6. The number of furan rings is 1. The number of ether oxygens (including phenoxy) is 2. The molecule has 0 bridgehead atoms. The molecule has 1 atom stereocenters. The molecular weight excluding hydrogens is 380 g/mol. The number of amides is 2. The van der Waals surface area contributed by atoms with Gasteiger partial charge in [0, 0.05) is 0 Å². The molecular formula is C20H20N2O7. The van der Waals surface area contributed by atoms with E-state index < -0.39 is 23.8 Å². The van der Waals surface area contributed by atoms with Gasteiger partial charge in [-0.05, 0) is 41.8 Å². The zero-order valence-electron chi connectivity index (χ0n) is 15.8. The van der Waals surface area contributed by atoms with E-state index in [9.17, 15) is 19.5 Å². The lowest BCUT2D eigenvalue weighted by Gasteiger charge is -2.19. The van der Waals surface area contributed by atoms with E-state index in [1.54, 1.807) is 32.0 Å². The van der Waals surface area contributed by atoms with Crippen LogP contribution in [0.5, 0.6) is 11.5 Å². The SMILES string of the molecule is CC(C)[C@@H](NC(=O)/C(=C\c1ccc2c(c1)OCO2)NC(=O)c1ccco1)C(=O)O. The number of benzene rings is 1. The molecule has 3 N–H and O–H groups in total. The van der Waals surface area contributed by atoms with Crippen LogP contribution in [-0.2, 0) is 9.59 Å². The number of aliphatic carboxylic acids is 1. The van der Waals surface area contributed by atoms with Gasteiger partial charge in [0.2, 0.25) is 6.79 Å². The van der Waals surface area contributed by atoms with Gasteiger partial charge in [0.05, 0.1) is 6.26 Å². The van der Waals surface area contributed by atoms with Crippen molar-refractivity contribution in [3.8, 4) is 11.5 Å². The minimum absolute atomic E-state index is 0.00744. The number of carbonyl (C=O) groups excluding carboxylic acids is 2. The van der Waals surface area contributed by atoms with Crippen molar-refractivity contribution in [3.05, 3.63) is 53.6 Å². The summed E-state index contributed by atoms with van der Waals surface area (Å²) in [6.45, 7) is 3.43. The Morgan fingerprint density at radius 1 is 1.14 bits per heavy atom. The maximum Gasteiger partial charge on any atom is 0.326 e. The van der Waals surface area contributed by atoms with Gasteiger partial charge < -0.3 is 29.6 Å². The van der Waals surface area contributed by atoms with Crippen LogP contribution in [-0.4, -0.2) is 35.7 Å². The summed E-state index contributed by atoms with van der Waals surface area (Å²) in [4.78, 5) is 36.6. The Kier molecular flexibility index (Phi) is 5.87. The highest BCUT2D eigenvalue weighted by atomic mass is 16.7. The molecule has 2 amide bonds. The fourth-order valence-electron chi connectivity index (χ4n) is 2.65. The lowest BCUT2D eigenvalue weighted by atomic mass is 10.0. The molecule has 0 radical (unpaired) electrons. The van der Waals surface area contributed by atoms with Crippen LogP contribution in [0.2, 0.25) is 0 Å². The van der Waals surface area contributed by atoms with E-state index in [4.69, 9.17) is 13.9 Å². The Morgan fingerprint density at radius 2 is 1.90 bits per heavy atom. The van der Waals surface area contributed by atoms with E-state index >= 15 is 0 Å². The first-order valence-electron chi connectivity index (χ1n) is 8.85. The molecule has 0 saturated heterocycles. The molecule has 1 aromatic heterocycles. The third kappa shape index (κ3) is 4.75. The summed E-state index contributed by atoms with van der Waals surface area (Å²) in [6.07, 6.45) is 2.74. The minimum atomic E-state index is -1.17. The molecule has 9 nitrogen and oxygen atoms in total. The van der Waals surface area contributed by atoms with Crippen LogP contribution in [0.25, 0.3) is 6.08 Å². The number of carboxylic acids is 1. The van der Waals surface area contributed by atoms with Crippen molar-refractivity contribution >= 4 is 23.9 Å². The number of carbonyl (C=O) groups is 3. The highest BCUT2D eigenvalue weighted by Crippen LogP contribution is 2.33. The first kappa shape index (κ1) is 20.0. The molecule has 0 saturated carbocycles. The van der Waals surface area contributed by atoms with Crippen LogP contribution in [0.3, 0.4) is 0 Å². The smallest absolute Gasteiger partial charge is 0.326 e. The van der Waals surface area contributed by atoms with Gasteiger partial charge in [0.25, 0.3) is 11.8 Å². The van der Waals surface area contributed by atoms with Crippen LogP contribution >= 0.6 is 0 Å².